The van der Waals surface area contributed by atoms with Gasteiger partial charge < -0.3 is 15.7 Å². The van der Waals surface area contributed by atoms with Gasteiger partial charge >= 0.3 is 5.97 Å². The Bertz CT molecular complexity index is 1210. The molecule has 204 valence electrons. The average molecular weight is 527 g/mol. The van der Waals surface area contributed by atoms with Gasteiger partial charge in [0, 0.05) is 25.9 Å². The maximum Gasteiger partial charge on any atom is 0.305 e. The van der Waals surface area contributed by atoms with E-state index in [9.17, 15) is 24.3 Å². The number of nitrogens with zero attached hydrogens (tertiary/aromatic N) is 3. The van der Waals surface area contributed by atoms with Crippen LogP contribution in [-0.4, -0.2) is 81.4 Å². The fraction of sp³-hybridized carbons (Fsp3) is 0.423. The van der Waals surface area contributed by atoms with Crippen LogP contribution in [0.15, 0.2) is 47.5 Å². The molecule has 38 heavy (non-hydrogen) atoms. The Kier molecular flexibility index (Phi) is 11.5. The van der Waals surface area contributed by atoms with Crippen molar-refractivity contribution in [2.45, 2.75) is 45.2 Å². The van der Waals surface area contributed by atoms with E-state index in [-0.39, 0.29) is 31.0 Å². The fourth-order valence-electron chi connectivity index (χ4n) is 3.72. The first-order valence-corrected chi connectivity index (χ1v) is 12.3. The molecular weight excluding hydrogens is 490 g/mol. The first kappa shape index (κ1) is 30.0. The van der Waals surface area contributed by atoms with E-state index in [0.29, 0.717) is 18.7 Å². The normalized spacial score (nSPS) is 12.4. The number of amides is 1. The van der Waals surface area contributed by atoms with Crippen LogP contribution in [0.2, 0.25) is 0 Å². The molecule has 12 heteroatoms. The van der Waals surface area contributed by atoms with E-state index >= 15 is 0 Å². The number of Topliss-reactive ketones (excluding diaryl/α,β-unsaturated/α-hetero) is 1. The summed E-state index contributed by atoms with van der Waals surface area (Å²) in [6.45, 7) is 3.76. The Morgan fingerprint density at radius 3 is 2.53 bits per heavy atom. The Morgan fingerprint density at radius 2 is 1.92 bits per heavy atom. The molecule has 12 nitrogen and oxygen atoms in total. The van der Waals surface area contributed by atoms with Crippen molar-refractivity contribution >= 4 is 34.9 Å². The molecule has 0 spiro atoms. The van der Waals surface area contributed by atoms with Crippen molar-refractivity contribution in [2.24, 2.45) is 0 Å². The molecule has 2 unspecified atom stereocenters. The first-order chi connectivity index (χ1) is 18.0. The van der Waals surface area contributed by atoms with Crippen LogP contribution in [0.25, 0.3) is 0 Å². The van der Waals surface area contributed by atoms with Gasteiger partial charge in [-0.15, -0.1) is 0 Å². The second kappa shape index (κ2) is 14.5. The van der Waals surface area contributed by atoms with Gasteiger partial charge in [0.15, 0.2) is 17.3 Å². The number of hydrogen-bond acceptors (Lipinski definition) is 8. The van der Waals surface area contributed by atoms with E-state index in [1.165, 1.54) is 17.0 Å². The second-order valence-corrected chi connectivity index (χ2v) is 9.03. The highest BCUT2D eigenvalue weighted by Crippen LogP contribution is 2.11. The van der Waals surface area contributed by atoms with Crippen LogP contribution in [-0.2, 0) is 20.8 Å². The summed E-state index contributed by atoms with van der Waals surface area (Å²) in [7, 11) is 1.75. The van der Waals surface area contributed by atoms with Crippen LogP contribution < -0.4 is 21.6 Å². The Labute approximate surface area is 221 Å². The molecular formula is C26H36N7O5+. The lowest BCUT2D eigenvalue weighted by Gasteiger charge is -2.24. The average Bonchev–Trinajstić information content (AvgIpc) is 2.87. The van der Waals surface area contributed by atoms with Crippen molar-refractivity contribution in [1.82, 2.24) is 19.8 Å². The number of carboxylic acids is 1. The van der Waals surface area contributed by atoms with Gasteiger partial charge in [-0.05, 0) is 25.5 Å². The maximum atomic E-state index is 13.2. The summed E-state index contributed by atoms with van der Waals surface area (Å²) in [6, 6.07) is 7.49. The van der Waals surface area contributed by atoms with Gasteiger partial charge in [-0.25, -0.2) is 4.98 Å². The first-order valence-electron chi connectivity index (χ1n) is 12.3. The molecule has 0 aliphatic rings. The monoisotopic (exact) mass is 526 g/mol. The lowest BCUT2D eigenvalue weighted by molar-refractivity contribution is -0.140. The highest BCUT2D eigenvalue weighted by Gasteiger charge is 2.29. The summed E-state index contributed by atoms with van der Waals surface area (Å²) >= 11 is 0. The van der Waals surface area contributed by atoms with Crippen LogP contribution >= 0.6 is 0 Å². The molecule has 1 aromatic heterocycles. The molecule has 0 fully saturated rings. The van der Waals surface area contributed by atoms with Crippen molar-refractivity contribution in [3.63, 3.8) is 0 Å². The van der Waals surface area contributed by atoms with Gasteiger partial charge in [0.2, 0.25) is 5.91 Å². The number of carbonyl (C=O) groups excluding carboxylic acids is 2. The number of rotatable bonds is 16. The minimum absolute atomic E-state index is 0.0233. The largest absolute Gasteiger partial charge is 0.481 e. The summed E-state index contributed by atoms with van der Waals surface area (Å²) in [6.07, 6.45) is 3.01. The number of ketones is 1. The van der Waals surface area contributed by atoms with Crippen molar-refractivity contribution in [3.05, 3.63) is 58.6 Å². The van der Waals surface area contributed by atoms with Gasteiger partial charge in [-0.2, -0.15) is 0 Å². The number of nitrogens with two attached hydrogens (primary N) is 1. The zero-order chi connectivity index (χ0) is 28.2. The molecule has 2 rings (SSSR count). The minimum atomic E-state index is -1.26. The molecule has 1 amide bonds. The van der Waals surface area contributed by atoms with E-state index in [1.54, 1.807) is 25.8 Å². The summed E-state index contributed by atoms with van der Waals surface area (Å²) in [5, 5.41) is 28.0. The smallest absolute Gasteiger partial charge is 0.305 e. The molecule has 6 N–H and O–H groups in total. The topological polar surface area (TPSA) is 183 Å². The highest BCUT2D eigenvalue weighted by molar-refractivity contribution is 6.38. The van der Waals surface area contributed by atoms with Crippen LogP contribution in [0.1, 0.15) is 38.3 Å². The number of carbonyl (C=O) groups is 3. The van der Waals surface area contributed by atoms with Crippen molar-refractivity contribution in [3.8, 4) is 0 Å². The van der Waals surface area contributed by atoms with Crippen LogP contribution in [0.3, 0.4) is 0 Å². The minimum Gasteiger partial charge on any atom is -0.481 e. The SMILES string of the molecule is CCC(C(=O)NC(CC(=O)O)C(=O)CN(C)CCc1ccccc1)n1ccnc(NCC(=N)C(C)=[NH2+])c1=O. The maximum absolute atomic E-state index is 13.2. The molecule has 2 atom stereocenters. The van der Waals surface area contributed by atoms with Crippen molar-refractivity contribution in [2.75, 3.05) is 32.0 Å². The molecule has 1 aromatic carbocycles. The lowest BCUT2D eigenvalue weighted by Crippen LogP contribution is -2.49. The lowest BCUT2D eigenvalue weighted by atomic mass is 10.1. The molecule has 0 radical (unpaired) electrons. The molecule has 1 heterocycles. The van der Waals surface area contributed by atoms with Gasteiger partial charge in [0.1, 0.15) is 11.8 Å². The molecule has 0 saturated heterocycles. The van der Waals surface area contributed by atoms with E-state index in [2.05, 4.69) is 15.6 Å². The van der Waals surface area contributed by atoms with Crippen LogP contribution in [0.4, 0.5) is 5.82 Å². The molecule has 0 bridgehead atoms. The van der Waals surface area contributed by atoms with E-state index in [1.807, 2.05) is 30.3 Å². The number of aromatic nitrogens is 2. The van der Waals surface area contributed by atoms with Gasteiger partial charge in [0.05, 0.1) is 25.6 Å². The number of aliphatic carboxylic acids is 1. The number of carboxylic acid groups (broad SMARTS) is 1. The highest BCUT2D eigenvalue weighted by atomic mass is 16.4. The Hall–Kier alpha value is -4.19. The predicted octanol–water partition coefficient (Wildman–Crippen LogP) is -0.451. The van der Waals surface area contributed by atoms with Crippen molar-refractivity contribution < 1.29 is 24.9 Å². The fourth-order valence-corrected chi connectivity index (χ4v) is 3.72. The van der Waals surface area contributed by atoms with Crippen LogP contribution in [0, 0.1) is 5.41 Å². The van der Waals surface area contributed by atoms with E-state index < -0.39 is 41.7 Å². The number of benzene rings is 1. The summed E-state index contributed by atoms with van der Waals surface area (Å²) < 4.78 is 1.17. The predicted molar refractivity (Wildman–Crippen MR) is 143 cm³/mol. The van der Waals surface area contributed by atoms with Crippen molar-refractivity contribution in [1.29, 1.82) is 5.41 Å². The third-order valence-electron chi connectivity index (χ3n) is 5.94. The van der Waals surface area contributed by atoms with Gasteiger partial charge in [0.25, 0.3) is 5.56 Å². The van der Waals surface area contributed by atoms with Gasteiger partial charge in [-0.3, -0.25) is 39.5 Å². The zero-order valence-electron chi connectivity index (χ0n) is 21.9. The van der Waals surface area contributed by atoms with E-state index in [0.717, 1.165) is 5.56 Å². The summed E-state index contributed by atoms with van der Waals surface area (Å²) in [5.74, 6) is -2.40. The zero-order valence-corrected chi connectivity index (χ0v) is 21.9. The number of nitrogens with one attached hydrogen (secondary N) is 3. The third-order valence-corrected chi connectivity index (χ3v) is 5.94. The molecule has 0 aliphatic carbocycles. The number of likely N-dealkylation sites (N-methyl/N-ethyl adjacent to an activating group) is 1. The Balaban J connectivity index is 2.11. The number of hydrogen-bond donors (Lipinski definition) is 5. The number of anilines is 1. The quantitative estimate of drug-likeness (QED) is 0.182. The summed E-state index contributed by atoms with van der Waals surface area (Å²) in [5.41, 5.74) is 0.894. The van der Waals surface area contributed by atoms with Crippen LogP contribution in [0.5, 0.6) is 0 Å². The second-order valence-electron chi connectivity index (χ2n) is 9.03. The van der Waals surface area contributed by atoms with Gasteiger partial charge in [-0.1, -0.05) is 37.3 Å². The molecule has 2 aromatic rings. The standard InChI is InChI=1S/C26H35N7O5/c1-4-21(33-13-11-29-24(26(33)38)30-15-19(28)17(2)27)25(37)31-20(14-23(35)36)22(34)16-32(3)12-10-18-8-6-5-7-9-18/h5-9,11,13,20-21,27-28H,4,10,12,14-16H2,1-3H3,(H,29,30)(H,31,37)(H,35,36)/p+1. The molecule has 0 saturated carbocycles. The molecule has 0 aliphatic heterocycles. The Morgan fingerprint density at radius 1 is 1.24 bits per heavy atom. The third kappa shape index (κ3) is 9.04. The summed E-state index contributed by atoms with van der Waals surface area (Å²) in [4.78, 5) is 56.3. The van der Waals surface area contributed by atoms with E-state index in [4.69, 9.17) is 10.8 Å².